The summed E-state index contributed by atoms with van der Waals surface area (Å²) in [6.07, 6.45) is 0. The van der Waals surface area contributed by atoms with Crippen molar-refractivity contribution in [2.45, 2.75) is 0 Å². The Labute approximate surface area is 228 Å². The number of carbonyl (C=O) groups is 1. The van der Waals surface area contributed by atoms with E-state index in [-0.39, 0.29) is 11.5 Å². The van der Waals surface area contributed by atoms with Gasteiger partial charge in [0.1, 0.15) is 4.88 Å². The summed E-state index contributed by atoms with van der Waals surface area (Å²) in [7, 11) is 0. The minimum Gasteiger partial charge on any atom is -0.288 e. The number of hydrogen-bond donors (Lipinski definition) is 0. The Kier molecular flexibility index (Phi) is 6.40. The molecule has 0 aliphatic rings. The molecular formula is C32H21N3O3S. The standard InChI is InChI=1S/C32H21N3O3S/c36-30(28-17-9-11-22-10-7-8-16-27(22)28)31-29(23-18-20-26(21-19-23)35(37)38)33-32(39-31)34(24-12-3-1-4-13-24)25-14-5-2-6-15-25/h1-21H. The minimum atomic E-state index is -0.440. The van der Waals surface area contributed by atoms with Crippen molar-refractivity contribution in [1.29, 1.82) is 0 Å². The molecule has 5 aromatic carbocycles. The lowest BCUT2D eigenvalue weighted by molar-refractivity contribution is -0.384. The smallest absolute Gasteiger partial charge is 0.269 e. The number of carbonyl (C=O) groups excluding carboxylic acids is 1. The van der Waals surface area contributed by atoms with Crippen molar-refractivity contribution < 1.29 is 9.72 Å². The van der Waals surface area contributed by atoms with Gasteiger partial charge in [-0.15, -0.1) is 0 Å². The third-order valence-corrected chi connectivity index (χ3v) is 7.47. The number of nitro benzene ring substituents is 1. The molecule has 0 bridgehead atoms. The van der Waals surface area contributed by atoms with E-state index in [1.165, 1.54) is 23.5 Å². The molecule has 1 aromatic heterocycles. The van der Waals surface area contributed by atoms with Crippen LogP contribution in [-0.2, 0) is 0 Å². The molecule has 7 heteroatoms. The first-order valence-electron chi connectivity index (χ1n) is 12.3. The van der Waals surface area contributed by atoms with Gasteiger partial charge in [0.15, 0.2) is 5.13 Å². The summed E-state index contributed by atoms with van der Waals surface area (Å²) in [5.74, 6) is -0.148. The van der Waals surface area contributed by atoms with Gasteiger partial charge in [-0.05, 0) is 47.2 Å². The van der Waals surface area contributed by atoms with E-state index >= 15 is 0 Å². The second-order valence-electron chi connectivity index (χ2n) is 8.84. The molecule has 0 saturated carbocycles. The highest BCUT2D eigenvalue weighted by atomic mass is 32.1. The van der Waals surface area contributed by atoms with Gasteiger partial charge in [-0.3, -0.25) is 19.8 Å². The highest BCUT2D eigenvalue weighted by Gasteiger charge is 2.26. The number of nitrogens with zero attached hydrogens (tertiary/aromatic N) is 3. The first-order valence-corrected chi connectivity index (χ1v) is 13.1. The normalized spacial score (nSPS) is 10.9. The number of fused-ring (bicyclic) bond motifs is 1. The molecule has 0 saturated heterocycles. The fraction of sp³-hybridized carbons (Fsp3) is 0. The van der Waals surface area contributed by atoms with Crippen LogP contribution in [0, 0.1) is 10.1 Å². The molecule has 6 nitrogen and oxygen atoms in total. The summed E-state index contributed by atoms with van der Waals surface area (Å²) in [5, 5.41) is 13.7. The maximum absolute atomic E-state index is 14.2. The number of rotatable bonds is 7. The predicted molar refractivity (Wildman–Crippen MR) is 156 cm³/mol. The monoisotopic (exact) mass is 527 g/mol. The van der Waals surface area contributed by atoms with Crippen LogP contribution in [0.5, 0.6) is 0 Å². The Balaban J connectivity index is 1.56. The van der Waals surface area contributed by atoms with Crippen LogP contribution < -0.4 is 4.90 Å². The number of aromatic nitrogens is 1. The van der Waals surface area contributed by atoms with Crippen LogP contribution in [0.2, 0.25) is 0 Å². The second-order valence-corrected chi connectivity index (χ2v) is 9.82. The van der Waals surface area contributed by atoms with Gasteiger partial charge < -0.3 is 0 Å². The summed E-state index contributed by atoms with van der Waals surface area (Å²) >= 11 is 1.31. The third-order valence-electron chi connectivity index (χ3n) is 6.43. The van der Waals surface area contributed by atoms with Gasteiger partial charge in [-0.1, -0.05) is 90.2 Å². The average molecular weight is 528 g/mol. The van der Waals surface area contributed by atoms with Crippen molar-refractivity contribution in [2.24, 2.45) is 0 Å². The number of non-ortho nitro benzene ring substituents is 1. The molecule has 0 radical (unpaired) electrons. The molecule has 6 aromatic rings. The molecule has 188 valence electrons. The summed E-state index contributed by atoms with van der Waals surface area (Å²) in [4.78, 5) is 32.5. The number of nitro groups is 1. The molecule has 0 atom stereocenters. The van der Waals surface area contributed by atoms with E-state index in [0.717, 1.165) is 22.1 Å². The van der Waals surface area contributed by atoms with E-state index in [1.807, 2.05) is 108 Å². The van der Waals surface area contributed by atoms with E-state index in [0.29, 0.717) is 26.8 Å². The number of thiazole rings is 1. The predicted octanol–water partition coefficient (Wildman–Crippen LogP) is 8.57. The SMILES string of the molecule is O=C(c1sc(N(c2ccccc2)c2ccccc2)nc1-c1ccc([N+](=O)[O-])cc1)c1cccc2ccccc12. The number of ketones is 1. The van der Waals surface area contributed by atoms with Crippen molar-refractivity contribution in [3.05, 3.63) is 148 Å². The lowest BCUT2D eigenvalue weighted by atomic mass is 9.99. The van der Waals surface area contributed by atoms with E-state index in [9.17, 15) is 14.9 Å². The summed E-state index contributed by atoms with van der Waals surface area (Å²) in [6, 6.07) is 39.3. The quantitative estimate of drug-likeness (QED) is 0.118. The largest absolute Gasteiger partial charge is 0.288 e. The van der Waals surface area contributed by atoms with Crippen molar-refractivity contribution in [3.8, 4) is 11.3 Å². The zero-order chi connectivity index (χ0) is 26.8. The zero-order valence-electron chi connectivity index (χ0n) is 20.6. The third kappa shape index (κ3) is 4.67. The second kappa shape index (κ2) is 10.3. The van der Waals surface area contributed by atoms with Gasteiger partial charge in [-0.2, -0.15) is 0 Å². The van der Waals surface area contributed by atoms with Crippen molar-refractivity contribution in [2.75, 3.05) is 4.90 Å². The number of benzene rings is 5. The maximum Gasteiger partial charge on any atom is 0.269 e. The van der Waals surface area contributed by atoms with E-state index in [1.54, 1.807) is 12.1 Å². The fourth-order valence-electron chi connectivity index (χ4n) is 4.56. The van der Waals surface area contributed by atoms with Crippen LogP contribution in [0.4, 0.5) is 22.2 Å². The Morgan fingerprint density at radius 1 is 0.718 bits per heavy atom. The molecular weight excluding hydrogens is 506 g/mol. The first-order chi connectivity index (χ1) is 19.1. The fourth-order valence-corrected chi connectivity index (χ4v) is 5.65. The Morgan fingerprint density at radius 3 is 1.95 bits per heavy atom. The van der Waals surface area contributed by atoms with Gasteiger partial charge in [0.05, 0.1) is 10.6 Å². The number of para-hydroxylation sites is 2. The summed E-state index contributed by atoms with van der Waals surface area (Å²) < 4.78 is 0. The lowest BCUT2D eigenvalue weighted by Gasteiger charge is -2.22. The molecule has 6 rings (SSSR count). The van der Waals surface area contributed by atoms with Crippen LogP contribution in [0.3, 0.4) is 0 Å². The van der Waals surface area contributed by atoms with Gasteiger partial charge in [0, 0.05) is 34.6 Å². The molecule has 1 heterocycles. The van der Waals surface area contributed by atoms with Crippen LogP contribution in [-0.4, -0.2) is 15.7 Å². The van der Waals surface area contributed by atoms with Gasteiger partial charge >= 0.3 is 0 Å². The van der Waals surface area contributed by atoms with Crippen molar-refractivity contribution in [1.82, 2.24) is 4.98 Å². The zero-order valence-corrected chi connectivity index (χ0v) is 21.4. The van der Waals surface area contributed by atoms with Crippen molar-refractivity contribution >= 4 is 50.1 Å². The molecule has 39 heavy (non-hydrogen) atoms. The highest BCUT2D eigenvalue weighted by molar-refractivity contribution is 7.18. The Hall–Kier alpha value is -5.14. The molecule has 0 unspecified atom stereocenters. The Morgan fingerprint density at radius 2 is 1.31 bits per heavy atom. The number of hydrogen-bond acceptors (Lipinski definition) is 6. The van der Waals surface area contributed by atoms with E-state index in [2.05, 4.69) is 0 Å². The van der Waals surface area contributed by atoms with Crippen LogP contribution in [0.25, 0.3) is 22.0 Å². The molecule has 0 aliphatic carbocycles. The summed E-state index contributed by atoms with van der Waals surface area (Å²) in [5.41, 5.74) is 3.48. The summed E-state index contributed by atoms with van der Waals surface area (Å²) in [6.45, 7) is 0. The average Bonchev–Trinajstić information content (AvgIpc) is 3.42. The van der Waals surface area contributed by atoms with Crippen molar-refractivity contribution in [3.63, 3.8) is 0 Å². The first kappa shape index (κ1) is 24.2. The maximum atomic E-state index is 14.2. The van der Waals surface area contributed by atoms with Gasteiger partial charge in [-0.25, -0.2) is 4.98 Å². The number of anilines is 3. The molecule has 0 fully saturated rings. The molecule has 0 N–H and O–H groups in total. The highest BCUT2D eigenvalue weighted by Crippen LogP contribution is 2.42. The topological polar surface area (TPSA) is 76.3 Å². The van der Waals surface area contributed by atoms with Gasteiger partial charge in [0.25, 0.3) is 5.69 Å². The van der Waals surface area contributed by atoms with Crippen LogP contribution in [0.1, 0.15) is 15.2 Å². The molecule has 0 spiro atoms. The van der Waals surface area contributed by atoms with E-state index < -0.39 is 4.92 Å². The van der Waals surface area contributed by atoms with Crippen LogP contribution in [0.15, 0.2) is 127 Å². The van der Waals surface area contributed by atoms with E-state index in [4.69, 9.17) is 4.98 Å². The van der Waals surface area contributed by atoms with Crippen LogP contribution >= 0.6 is 11.3 Å². The minimum absolute atomic E-state index is 0.0219. The van der Waals surface area contributed by atoms with Gasteiger partial charge in [0.2, 0.25) is 5.78 Å². The Bertz CT molecular complexity index is 1760. The molecule has 0 amide bonds. The lowest BCUT2D eigenvalue weighted by Crippen LogP contribution is -2.09. The molecule has 0 aliphatic heterocycles.